The Morgan fingerprint density at radius 1 is 1.42 bits per heavy atom. The summed E-state index contributed by atoms with van der Waals surface area (Å²) in [4.78, 5) is 25.9. The molecule has 1 aromatic rings. The zero-order chi connectivity index (χ0) is 18.3. The van der Waals surface area contributed by atoms with Crippen LogP contribution >= 0.6 is 0 Å². The molecule has 1 saturated heterocycles. The Kier molecular flexibility index (Phi) is 5.24. The molecule has 2 unspecified atom stereocenters. The Labute approximate surface area is 142 Å². The Morgan fingerprint density at radius 2 is 2.04 bits per heavy atom. The second-order valence-electron chi connectivity index (χ2n) is 7.94. The van der Waals surface area contributed by atoms with Gasteiger partial charge in [-0.2, -0.15) is 0 Å². The molecule has 136 valence electrons. The summed E-state index contributed by atoms with van der Waals surface area (Å²) < 4.78 is 13.6. The number of nitrogens with one attached hydrogen (secondary N) is 1. The van der Waals surface area contributed by atoms with E-state index in [2.05, 4.69) is 38.8 Å². The average Bonchev–Trinajstić information content (AvgIpc) is 2.83. The number of rotatable bonds is 4. The molecule has 2 rings (SSSR count). The predicted octanol–water partition coefficient (Wildman–Crippen LogP) is 1.52. The van der Waals surface area contributed by atoms with Crippen LogP contribution in [0.25, 0.3) is 0 Å². The summed E-state index contributed by atoms with van der Waals surface area (Å²) >= 11 is 0. The number of H-pyrrole nitrogens is 1. The van der Waals surface area contributed by atoms with E-state index in [-0.39, 0.29) is 17.7 Å². The molecule has 3 atom stereocenters. The number of hydrogen-bond donors (Lipinski definition) is 2. The smallest absolute Gasteiger partial charge is 0.330 e. The van der Waals surface area contributed by atoms with Gasteiger partial charge in [0.2, 0.25) is 0 Å². The van der Waals surface area contributed by atoms with Crippen molar-refractivity contribution in [3.63, 3.8) is 0 Å². The van der Waals surface area contributed by atoms with Gasteiger partial charge in [0.05, 0.1) is 12.7 Å². The fourth-order valence-electron chi connectivity index (χ4n) is 2.51. The minimum atomic E-state index is -2.03. The minimum Gasteiger partial charge on any atom is -0.411 e. The minimum absolute atomic E-state index is 0.0382. The standard InChI is InChI=1S/C16H28N2O5Si/c1-10-8-18(15(21)17-14(10)20)13-7-11(12(9-19)22-13)23-24(5,6)16(2,3)4/h8,11-13,19H,7,9H2,1-6H3,(H,17,20,21)/t11-,12?,13?/m1/s1. The van der Waals surface area contributed by atoms with Crippen LogP contribution in [0, 0.1) is 6.92 Å². The molecule has 0 bridgehead atoms. The maximum absolute atomic E-state index is 12.1. The quantitative estimate of drug-likeness (QED) is 0.798. The van der Waals surface area contributed by atoms with Crippen molar-refractivity contribution in [3.05, 3.63) is 32.6 Å². The van der Waals surface area contributed by atoms with Crippen molar-refractivity contribution in [2.45, 2.75) is 70.7 Å². The molecule has 8 heteroatoms. The molecule has 2 heterocycles. The molecule has 1 aromatic heterocycles. The Bertz CT molecular complexity index is 704. The highest BCUT2D eigenvalue weighted by molar-refractivity contribution is 6.74. The number of ether oxygens (including phenoxy) is 1. The lowest BCUT2D eigenvalue weighted by Gasteiger charge is -2.39. The van der Waals surface area contributed by atoms with Crippen LogP contribution < -0.4 is 11.2 Å². The summed E-state index contributed by atoms with van der Waals surface area (Å²) in [6.45, 7) is 12.2. The summed E-state index contributed by atoms with van der Waals surface area (Å²) in [6, 6.07) is 0. The summed E-state index contributed by atoms with van der Waals surface area (Å²) in [5, 5.41) is 9.67. The zero-order valence-corrected chi connectivity index (χ0v) is 16.3. The van der Waals surface area contributed by atoms with Crippen molar-refractivity contribution in [1.29, 1.82) is 0 Å². The normalized spacial score (nSPS) is 25.2. The van der Waals surface area contributed by atoms with Crippen LogP contribution in [0.1, 0.15) is 39.0 Å². The lowest BCUT2D eigenvalue weighted by Crippen LogP contribution is -2.46. The Balaban J connectivity index is 2.25. The maximum Gasteiger partial charge on any atom is 0.330 e. The molecule has 0 aliphatic carbocycles. The first-order chi connectivity index (χ1) is 11.0. The number of aliphatic hydroxyl groups excluding tert-OH is 1. The van der Waals surface area contributed by atoms with Crippen molar-refractivity contribution in [2.24, 2.45) is 0 Å². The van der Waals surface area contributed by atoms with Crippen LogP contribution in [0.2, 0.25) is 18.1 Å². The third-order valence-electron chi connectivity index (χ3n) is 5.07. The van der Waals surface area contributed by atoms with E-state index in [9.17, 15) is 14.7 Å². The van der Waals surface area contributed by atoms with E-state index in [1.165, 1.54) is 10.8 Å². The number of aryl methyl sites for hydroxylation is 1. The van der Waals surface area contributed by atoms with Gasteiger partial charge < -0.3 is 14.3 Å². The average molecular weight is 356 g/mol. The molecule has 0 radical (unpaired) electrons. The number of nitrogens with zero attached hydrogens (tertiary/aromatic N) is 1. The van der Waals surface area contributed by atoms with Gasteiger partial charge in [0.25, 0.3) is 5.56 Å². The monoisotopic (exact) mass is 356 g/mol. The van der Waals surface area contributed by atoms with Crippen LogP contribution in [-0.4, -0.2) is 41.8 Å². The number of aromatic amines is 1. The highest BCUT2D eigenvalue weighted by atomic mass is 28.4. The molecule has 7 nitrogen and oxygen atoms in total. The third kappa shape index (κ3) is 3.71. The first-order valence-corrected chi connectivity index (χ1v) is 11.1. The van der Waals surface area contributed by atoms with Crippen LogP contribution in [0.4, 0.5) is 0 Å². The van der Waals surface area contributed by atoms with E-state index in [4.69, 9.17) is 9.16 Å². The molecule has 0 aromatic carbocycles. The van der Waals surface area contributed by atoms with Crippen LogP contribution in [0.15, 0.2) is 15.8 Å². The van der Waals surface area contributed by atoms with Gasteiger partial charge in [-0.15, -0.1) is 0 Å². The van der Waals surface area contributed by atoms with Gasteiger partial charge in [-0.05, 0) is 25.1 Å². The van der Waals surface area contributed by atoms with Gasteiger partial charge >= 0.3 is 5.69 Å². The van der Waals surface area contributed by atoms with Crippen molar-refractivity contribution in [1.82, 2.24) is 9.55 Å². The molecule has 1 fully saturated rings. The lowest BCUT2D eigenvalue weighted by atomic mass is 10.2. The highest BCUT2D eigenvalue weighted by Gasteiger charge is 2.45. The molecular weight excluding hydrogens is 328 g/mol. The molecule has 2 N–H and O–H groups in total. The molecule has 1 aliphatic rings. The van der Waals surface area contributed by atoms with Crippen molar-refractivity contribution >= 4 is 8.32 Å². The van der Waals surface area contributed by atoms with Gasteiger partial charge in [-0.25, -0.2) is 4.79 Å². The number of hydrogen-bond acceptors (Lipinski definition) is 5. The SMILES string of the molecule is Cc1cn(C2C[C@@H](O[Si](C)(C)C(C)(C)C)C(CO)O2)c(=O)[nH]c1=O. The molecule has 1 aliphatic heterocycles. The van der Waals surface area contributed by atoms with E-state index < -0.39 is 31.9 Å². The molecule has 0 amide bonds. The fraction of sp³-hybridized carbons (Fsp3) is 0.750. The maximum atomic E-state index is 12.1. The van der Waals surface area contributed by atoms with Gasteiger partial charge in [-0.1, -0.05) is 20.8 Å². The molecule has 0 spiro atoms. The summed E-state index contributed by atoms with van der Waals surface area (Å²) in [7, 11) is -2.03. The fourth-order valence-corrected chi connectivity index (χ4v) is 3.87. The molecule has 24 heavy (non-hydrogen) atoms. The van der Waals surface area contributed by atoms with E-state index in [0.29, 0.717) is 12.0 Å². The second kappa shape index (κ2) is 6.59. The summed E-state index contributed by atoms with van der Waals surface area (Å²) in [6.07, 6.45) is 0.640. The number of aromatic nitrogens is 2. The van der Waals surface area contributed by atoms with E-state index in [0.717, 1.165) is 0 Å². The number of aliphatic hydroxyl groups is 1. The molecular formula is C16H28N2O5Si. The largest absolute Gasteiger partial charge is 0.411 e. The zero-order valence-electron chi connectivity index (χ0n) is 15.3. The summed E-state index contributed by atoms with van der Waals surface area (Å²) in [5.74, 6) is 0. The van der Waals surface area contributed by atoms with Gasteiger partial charge in [0.15, 0.2) is 8.32 Å². The predicted molar refractivity (Wildman–Crippen MR) is 93.7 cm³/mol. The lowest BCUT2D eigenvalue weighted by molar-refractivity contribution is -0.0439. The van der Waals surface area contributed by atoms with Crippen molar-refractivity contribution in [3.8, 4) is 0 Å². The highest BCUT2D eigenvalue weighted by Crippen LogP contribution is 2.40. The molecule has 0 saturated carbocycles. The van der Waals surface area contributed by atoms with E-state index in [1.807, 2.05) is 0 Å². The second-order valence-corrected chi connectivity index (χ2v) is 12.7. The third-order valence-corrected chi connectivity index (χ3v) is 9.57. The van der Waals surface area contributed by atoms with Crippen LogP contribution in [0.3, 0.4) is 0 Å². The topological polar surface area (TPSA) is 93.6 Å². The first-order valence-electron chi connectivity index (χ1n) is 8.22. The Hall–Kier alpha value is -1.22. The van der Waals surface area contributed by atoms with Gasteiger partial charge in [0.1, 0.15) is 12.3 Å². The van der Waals surface area contributed by atoms with Gasteiger partial charge in [0, 0.05) is 18.2 Å². The van der Waals surface area contributed by atoms with Crippen LogP contribution in [-0.2, 0) is 9.16 Å². The van der Waals surface area contributed by atoms with Crippen molar-refractivity contribution in [2.75, 3.05) is 6.61 Å². The van der Waals surface area contributed by atoms with Crippen molar-refractivity contribution < 1.29 is 14.3 Å². The summed E-state index contributed by atoms with van der Waals surface area (Å²) in [5.41, 5.74) is -0.477. The Morgan fingerprint density at radius 3 is 2.58 bits per heavy atom. The van der Waals surface area contributed by atoms with Gasteiger partial charge in [-0.3, -0.25) is 14.3 Å². The van der Waals surface area contributed by atoms with E-state index in [1.54, 1.807) is 6.92 Å². The first kappa shape index (κ1) is 19.1. The van der Waals surface area contributed by atoms with E-state index >= 15 is 0 Å². The van der Waals surface area contributed by atoms with Crippen LogP contribution in [0.5, 0.6) is 0 Å².